The summed E-state index contributed by atoms with van der Waals surface area (Å²) in [4.78, 5) is 27.0. The number of benzene rings is 2. The highest BCUT2D eigenvalue weighted by molar-refractivity contribution is 7.11. The molecular weight excluding hydrogens is 320 g/mol. The van der Waals surface area contributed by atoms with Crippen molar-refractivity contribution >= 4 is 45.2 Å². The molecule has 0 saturated heterocycles. The molecule has 4 rings (SSSR count). The molecule has 0 spiro atoms. The van der Waals surface area contributed by atoms with Gasteiger partial charge in [-0.15, -0.1) is 11.3 Å². The minimum atomic E-state index is -0.309. The molecule has 1 aliphatic heterocycles. The smallest absolute Gasteiger partial charge is 0.277 e. The van der Waals surface area contributed by atoms with Gasteiger partial charge in [0, 0.05) is 23.0 Å². The Balaban J connectivity index is 1.86. The van der Waals surface area contributed by atoms with Crippen LogP contribution in [0.5, 0.6) is 0 Å². The van der Waals surface area contributed by atoms with Crippen LogP contribution in [0.3, 0.4) is 0 Å². The molecule has 2 amide bonds. The minimum Gasteiger partial charge on any atom is -0.350 e. The number of likely N-dealkylation sites (N-methyl/N-ethyl adjacent to an activating group) is 1. The average Bonchev–Trinajstić information content (AvgIpc) is 3.20. The first-order valence-corrected chi connectivity index (χ1v) is 8.40. The number of nitrogens with zero attached hydrogens (tertiary/aromatic N) is 1. The van der Waals surface area contributed by atoms with Gasteiger partial charge >= 0.3 is 0 Å². The Hall–Kier alpha value is -2.92. The summed E-state index contributed by atoms with van der Waals surface area (Å²) >= 11 is 1.45. The first kappa shape index (κ1) is 14.7. The molecule has 24 heavy (non-hydrogen) atoms. The lowest BCUT2D eigenvalue weighted by Gasteiger charge is -2.11. The molecule has 118 valence electrons. The van der Waals surface area contributed by atoms with Gasteiger partial charge in [-0.3, -0.25) is 14.5 Å². The fraction of sp³-hybridized carbons (Fsp3) is 0.0526. The van der Waals surface area contributed by atoms with E-state index in [1.165, 1.54) is 18.4 Å². The largest absolute Gasteiger partial charge is 0.350 e. The average molecular weight is 334 g/mol. The van der Waals surface area contributed by atoms with E-state index in [2.05, 4.69) is 5.32 Å². The van der Waals surface area contributed by atoms with E-state index in [0.717, 1.165) is 26.2 Å². The van der Waals surface area contributed by atoms with E-state index in [-0.39, 0.29) is 11.8 Å². The summed E-state index contributed by atoms with van der Waals surface area (Å²) in [6, 6.07) is 17.5. The van der Waals surface area contributed by atoms with Crippen molar-refractivity contribution in [2.75, 3.05) is 12.4 Å². The number of rotatable bonds is 3. The highest BCUT2D eigenvalue weighted by Crippen LogP contribution is 2.33. The molecular formula is C19H14N2O2S. The maximum absolute atomic E-state index is 12.6. The summed E-state index contributed by atoms with van der Waals surface area (Å²) in [5, 5.41) is 7.19. The highest BCUT2D eigenvalue weighted by atomic mass is 32.1. The normalized spacial score (nSPS) is 14.8. The van der Waals surface area contributed by atoms with Crippen molar-refractivity contribution in [2.24, 2.45) is 0 Å². The second-order valence-electron chi connectivity index (χ2n) is 5.55. The Kier molecular flexibility index (Phi) is 3.43. The molecule has 1 aliphatic rings. The predicted octanol–water partition coefficient (Wildman–Crippen LogP) is 3.72. The maximum atomic E-state index is 12.6. The van der Waals surface area contributed by atoms with Crippen LogP contribution in [0.15, 0.2) is 65.7 Å². The Labute approximate surface area is 143 Å². The fourth-order valence-electron chi connectivity index (χ4n) is 2.88. The Morgan fingerprint density at radius 2 is 1.71 bits per heavy atom. The zero-order chi connectivity index (χ0) is 16.7. The first-order chi connectivity index (χ1) is 11.7. The van der Waals surface area contributed by atoms with Crippen LogP contribution in [0, 0.1) is 0 Å². The van der Waals surface area contributed by atoms with Crippen molar-refractivity contribution < 1.29 is 9.59 Å². The van der Waals surface area contributed by atoms with Crippen molar-refractivity contribution in [2.45, 2.75) is 0 Å². The summed E-state index contributed by atoms with van der Waals surface area (Å²) in [6.45, 7) is 0. The molecule has 2 heterocycles. The molecule has 4 nitrogen and oxygen atoms in total. The summed E-state index contributed by atoms with van der Waals surface area (Å²) in [7, 11) is 1.51. The number of thiophene rings is 1. The second-order valence-corrected chi connectivity index (χ2v) is 6.50. The number of hydrogen-bond donors (Lipinski definition) is 1. The summed E-state index contributed by atoms with van der Waals surface area (Å²) in [5.74, 6) is -0.582. The topological polar surface area (TPSA) is 49.4 Å². The van der Waals surface area contributed by atoms with Crippen LogP contribution in [0.4, 0.5) is 5.69 Å². The quantitative estimate of drug-likeness (QED) is 0.743. The molecule has 0 atom stereocenters. The van der Waals surface area contributed by atoms with Crippen molar-refractivity contribution in [3.8, 4) is 0 Å². The van der Waals surface area contributed by atoms with E-state index in [1.807, 2.05) is 60.0 Å². The van der Waals surface area contributed by atoms with Gasteiger partial charge in [-0.25, -0.2) is 0 Å². The molecule has 0 saturated carbocycles. The first-order valence-electron chi connectivity index (χ1n) is 7.52. The third-order valence-corrected chi connectivity index (χ3v) is 4.99. The lowest BCUT2D eigenvalue weighted by atomic mass is 10.1. The molecule has 0 aliphatic carbocycles. The van der Waals surface area contributed by atoms with E-state index in [9.17, 15) is 9.59 Å². The fourth-order valence-corrected chi connectivity index (χ4v) is 3.64. The van der Waals surface area contributed by atoms with E-state index in [1.54, 1.807) is 0 Å². The van der Waals surface area contributed by atoms with Gasteiger partial charge in [-0.1, -0.05) is 42.5 Å². The van der Waals surface area contributed by atoms with Crippen LogP contribution in [0.1, 0.15) is 4.88 Å². The highest BCUT2D eigenvalue weighted by Gasteiger charge is 2.37. The van der Waals surface area contributed by atoms with Gasteiger partial charge in [0.1, 0.15) is 5.70 Å². The van der Waals surface area contributed by atoms with E-state index in [0.29, 0.717) is 11.3 Å². The molecule has 0 unspecified atom stereocenters. The molecule has 3 aromatic rings. The summed E-state index contributed by atoms with van der Waals surface area (Å²) < 4.78 is 0. The minimum absolute atomic E-state index is 0.273. The number of fused-ring (bicyclic) bond motifs is 1. The second kappa shape index (κ2) is 5.62. The number of hydrogen-bond acceptors (Lipinski definition) is 4. The SMILES string of the molecule is CN1C(=O)C(Nc2cccc3ccccc23)=C(c2cccs2)C1=O. The number of carbonyl (C=O) groups is 2. The third-order valence-electron chi connectivity index (χ3n) is 4.10. The number of amides is 2. The van der Waals surface area contributed by atoms with Gasteiger partial charge in [0.25, 0.3) is 11.8 Å². The summed E-state index contributed by atoms with van der Waals surface area (Å²) in [5.41, 5.74) is 1.58. The van der Waals surface area contributed by atoms with Crippen molar-refractivity contribution in [1.29, 1.82) is 0 Å². The van der Waals surface area contributed by atoms with Crippen LogP contribution in [-0.4, -0.2) is 23.8 Å². The Bertz CT molecular complexity index is 984. The third kappa shape index (κ3) is 2.21. The van der Waals surface area contributed by atoms with Crippen LogP contribution in [0.2, 0.25) is 0 Å². The molecule has 1 aromatic heterocycles. The molecule has 5 heteroatoms. The Morgan fingerprint density at radius 3 is 2.50 bits per heavy atom. The van der Waals surface area contributed by atoms with Crippen LogP contribution in [0.25, 0.3) is 16.3 Å². The standard InChI is InChI=1S/C19H14N2O2S/c1-21-18(22)16(15-10-5-11-24-15)17(19(21)23)20-14-9-4-7-12-6-2-3-8-13(12)14/h2-11,20H,1H3. The zero-order valence-electron chi connectivity index (χ0n) is 12.9. The molecule has 0 fully saturated rings. The number of imide groups is 1. The number of carbonyl (C=O) groups excluding carboxylic acids is 2. The van der Waals surface area contributed by atoms with E-state index >= 15 is 0 Å². The molecule has 1 N–H and O–H groups in total. The van der Waals surface area contributed by atoms with Gasteiger partial charge in [-0.2, -0.15) is 0 Å². The van der Waals surface area contributed by atoms with Crippen LogP contribution >= 0.6 is 11.3 Å². The lowest BCUT2D eigenvalue weighted by Crippen LogP contribution is -2.27. The maximum Gasteiger partial charge on any atom is 0.277 e. The zero-order valence-corrected chi connectivity index (χ0v) is 13.8. The van der Waals surface area contributed by atoms with Gasteiger partial charge in [-0.05, 0) is 22.9 Å². The van der Waals surface area contributed by atoms with Gasteiger partial charge in [0.2, 0.25) is 0 Å². The van der Waals surface area contributed by atoms with Crippen LogP contribution in [-0.2, 0) is 9.59 Å². The van der Waals surface area contributed by atoms with E-state index < -0.39 is 0 Å². The lowest BCUT2D eigenvalue weighted by molar-refractivity contribution is -0.135. The molecule has 2 aromatic carbocycles. The van der Waals surface area contributed by atoms with Gasteiger partial charge in [0.05, 0.1) is 5.57 Å². The Morgan fingerprint density at radius 1 is 0.917 bits per heavy atom. The van der Waals surface area contributed by atoms with E-state index in [4.69, 9.17) is 0 Å². The molecule has 0 bridgehead atoms. The van der Waals surface area contributed by atoms with Crippen LogP contribution < -0.4 is 5.32 Å². The van der Waals surface area contributed by atoms with Crippen molar-refractivity contribution in [3.05, 3.63) is 70.6 Å². The monoisotopic (exact) mass is 334 g/mol. The van der Waals surface area contributed by atoms with Crippen molar-refractivity contribution in [3.63, 3.8) is 0 Å². The molecule has 0 radical (unpaired) electrons. The number of nitrogens with one attached hydrogen (secondary N) is 1. The predicted molar refractivity (Wildman–Crippen MR) is 96.6 cm³/mol. The van der Waals surface area contributed by atoms with Crippen molar-refractivity contribution in [1.82, 2.24) is 4.90 Å². The van der Waals surface area contributed by atoms with Gasteiger partial charge < -0.3 is 5.32 Å². The van der Waals surface area contributed by atoms with Gasteiger partial charge in [0.15, 0.2) is 0 Å². The summed E-state index contributed by atoms with van der Waals surface area (Å²) in [6.07, 6.45) is 0. The number of anilines is 1.